The number of aldehydes is 1. The number of pyridine rings is 1. The van der Waals surface area contributed by atoms with E-state index >= 15 is 0 Å². The van der Waals surface area contributed by atoms with Gasteiger partial charge in [-0.15, -0.1) is 0 Å². The summed E-state index contributed by atoms with van der Waals surface area (Å²) < 4.78 is 11.1. The van der Waals surface area contributed by atoms with Crippen LogP contribution in [-0.4, -0.2) is 47.6 Å². The molecule has 0 bridgehead atoms. The molecular formula is C24H32N2O5. The van der Waals surface area contributed by atoms with Crippen LogP contribution in [0, 0.1) is 12.8 Å². The van der Waals surface area contributed by atoms with E-state index in [0.717, 1.165) is 0 Å². The monoisotopic (exact) mass is 428 g/mol. The first-order valence-corrected chi connectivity index (χ1v) is 10.3. The second kappa shape index (κ2) is 10.4. The first kappa shape index (κ1) is 24.3. The molecule has 0 radical (unpaired) electrons. The Hall–Kier alpha value is -2.93. The molecule has 0 fully saturated rings. The molecule has 2 aromatic rings. The van der Waals surface area contributed by atoms with E-state index in [-0.39, 0.29) is 35.8 Å². The van der Waals surface area contributed by atoms with Crippen LogP contribution < -0.4 is 10.1 Å². The van der Waals surface area contributed by atoms with Gasteiger partial charge in [-0.05, 0) is 32.3 Å². The number of ether oxygens (including phenoxy) is 2. The number of amides is 1. The molecule has 0 spiro atoms. The van der Waals surface area contributed by atoms with Crippen LogP contribution in [0.25, 0.3) is 0 Å². The van der Waals surface area contributed by atoms with Crippen molar-refractivity contribution in [3.63, 3.8) is 0 Å². The van der Waals surface area contributed by atoms with Gasteiger partial charge < -0.3 is 24.7 Å². The van der Waals surface area contributed by atoms with Crippen molar-refractivity contribution in [2.45, 2.75) is 52.2 Å². The van der Waals surface area contributed by atoms with E-state index in [4.69, 9.17) is 9.47 Å². The molecule has 7 heteroatoms. The Balaban J connectivity index is 2.13. The molecular weight excluding hydrogens is 396 g/mol. The van der Waals surface area contributed by atoms with Crippen LogP contribution in [0.1, 0.15) is 55.2 Å². The topological polar surface area (TPSA) is 97.8 Å². The Labute approximate surface area is 183 Å². The zero-order valence-corrected chi connectivity index (χ0v) is 19.0. The van der Waals surface area contributed by atoms with Gasteiger partial charge in [0.15, 0.2) is 17.2 Å². The highest BCUT2D eigenvalue weighted by Crippen LogP contribution is 2.31. The maximum atomic E-state index is 12.7. The Morgan fingerprint density at radius 3 is 2.58 bits per heavy atom. The van der Waals surface area contributed by atoms with Crippen LogP contribution in [0.4, 0.5) is 0 Å². The Morgan fingerprint density at radius 1 is 1.29 bits per heavy atom. The number of rotatable bonds is 10. The van der Waals surface area contributed by atoms with Crippen molar-refractivity contribution >= 4 is 12.2 Å². The van der Waals surface area contributed by atoms with Gasteiger partial charge in [-0.25, -0.2) is 4.98 Å². The number of carbonyl (C=O) groups excluding carboxylic acids is 2. The third-order valence-electron chi connectivity index (χ3n) is 5.28. The van der Waals surface area contributed by atoms with Crippen LogP contribution in [0.15, 0.2) is 36.5 Å². The predicted octanol–water partition coefficient (Wildman–Crippen LogP) is 3.64. The molecule has 31 heavy (non-hydrogen) atoms. The van der Waals surface area contributed by atoms with Crippen molar-refractivity contribution in [1.82, 2.24) is 10.3 Å². The molecule has 1 aromatic heterocycles. The van der Waals surface area contributed by atoms with Gasteiger partial charge in [0.05, 0.1) is 19.8 Å². The highest BCUT2D eigenvalue weighted by atomic mass is 16.5. The third kappa shape index (κ3) is 6.04. The fourth-order valence-corrected chi connectivity index (χ4v) is 3.67. The zero-order chi connectivity index (χ0) is 23.2. The van der Waals surface area contributed by atoms with Crippen LogP contribution in [0.2, 0.25) is 0 Å². The number of aromatic nitrogens is 1. The van der Waals surface area contributed by atoms with Crippen LogP contribution in [0.3, 0.4) is 0 Å². The Morgan fingerprint density at radius 2 is 2.00 bits per heavy atom. The minimum Gasteiger partial charge on any atom is -0.503 e. The summed E-state index contributed by atoms with van der Waals surface area (Å²) in [7, 11) is 1.38. The quantitative estimate of drug-likeness (QED) is 0.561. The molecule has 1 heterocycles. The van der Waals surface area contributed by atoms with Gasteiger partial charge in [0.1, 0.15) is 11.8 Å². The van der Waals surface area contributed by atoms with Crippen molar-refractivity contribution in [2.75, 3.05) is 13.7 Å². The summed E-state index contributed by atoms with van der Waals surface area (Å²) in [6, 6.07) is 9.73. The average Bonchev–Trinajstić information content (AvgIpc) is 2.72. The van der Waals surface area contributed by atoms with E-state index in [9.17, 15) is 14.7 Å². The second-order valence-corrected chi connectivity index (χ2v) is 8.40. The van der Waals surface area contributed by atoms with Gasteiger partial charge in [-0.3, -0.25) is 4.79 Å². The van der Waals surface area contributed by atoms with Gasteiger partial charge in [0.2, 0.25) is 0 Å². The number of carbonyl (C=O) groups is 2. The van der Waals surface area contributed by atoms with E-state index in [1.807, 2.05) is 26.0 Å². The maximum Gasteiger partial charge on any atom is 0.274 e. The summed E-state index contributed by atoms with van der Waals surface area (Å²) in [5, 5.41) is 12.8. The summed E-state index contributed by atoms with van der Waals surface area (Å²) >= 11 is 0. The second-order valence-electron chi connectivity index (χ2n) is 8.40. The highest BCUT2D eigenvalue weighted by molar-refractivity contribution is 5.97. The minimum atomic E-state index is -1.29. The molecule has 0 aliphatic carbocycles. The molecule has 168 valence electrons. The highest BCUT2D eigenvalue weighted by Gasteiger charge is 2.32. The fraction of sp³-hybridized carbons (Fsp3) is 0.458. The first-order valence-electron chi connectivity index (χ1n) is 10.3. The molecule has 7 nitrogen and oxygen atoms in total. The zero-order valence-electron chi connectivity index (χ0n) is 19.0. The molecule has 0 aliphatic heterocycles. The van der Waals surface area contributed by atoms with Gasteiger partial charge in [0.25, 0.3) is 5.91 Å². The van der Waals surface area contributed by atoms with Crippen molar-refractivity contribution in [3.05, 3.63) is 53.3 Å². The number of methoxy groups -OCH3 is 1. The van der Waals surface area contributed by atoms with Gasteiger partial charge in [-0.1, -0.05) is 43.7 Å². The number of hydrogen-bond acceptors (Lipinski definition) is 6. The molecule has 1 amide bonds. The molecule has 0 unspecified atom stereocenters. The van der Waals surface area contributed by atoms with Gasteiger partial charge >= 0.3 is 0 Å². The smallest absolute Gasteiger partial charge is 0.274 e. The lowest BCUT2D eigenvalue weighted by atomic mass is 9.84. The predicted molar refractivity (Wildman–Crippen MR) is 119 cm³/mol. The van der Waals surface area contributed by atoms with Gasteiger partial charge in [0, 0.05) is 18.2 Å². The Bertz CT molecular complexity index is 915. The van der Waals surface area contributed by atoms with Crippen molar-refractivity contribution in [1.29, 1.82) is 0 Å². The van der Waals surface area contributed by atoms with Crippen LogP contribution >= 0.6 is 0 Å². The van der Waals surface area contributed by atoms with Crippen LogP contribution in [0.5, 0.6) is 11.5 Å². The summed E-state index contributed by atoms with van der Waals surface area (Å²) in [5.74, 6) is -0.524. The average molecular weight is 429 g/mol. The molecule has 0 aliphatic rings. The number of aromatic hydroxyl groups is 1. The van der Waals surface area contributed by atoms with Crippen molar-refractivity contribution in [3.8, 4) is 11.5 Å². The molecule has 2 rings (SSSR count). The van der Waals surface area contributed by atoms with E-state index in [2.05, 4.69) is 36.3 Å². The fourth-order valence-electron chi connectivity index (χ4n) is 3.67. The summed E-state index contributed by atoms with van der Waals surface area (Å²) in [6.07, 6.45) is 1.78. The molecule has 1 aromatic carbocycles. The molecule has 0 saturated carbocycles. The summed E-state index contributed by atoms with van der Waals surface area (Å²) in [5.41, 5.74) is 0.826. The number of benzene rings is 1. The minimum absolute atomic E-state index is 0.0246. The SMILES string of the molecule is COc1ccnc(C(=O)N[C@](C)(C=O)CO[C@@H](C)[C@H](c2cccc(C)c2)C(C)C)c1O. The number of nitrogens with zero attached hydrogens (tertiary/aromatic N) is 1. The number of aryl methyl sites for hydroxylation is 1. The van der Waals surface area contributed by atoms with Crippen molar-refractivity contribution in [2.24, 2.45) is 5.92 Å². The third-order valence-corrected chi connectivity index (χ3v) is 5.28. The summed E-state index contributed by atoms with van der Waals surface area (Å²) in [6.45, 7) is 9.82. The maximum absolute atomic E-state index is 12.7. The number of hydrogen-bond donors (Lipinski definition) is 2. The lowest BCUT2D eigenvalue weighted by Crippen LogP contribution is -2.52. The van der Waals surface area contributed by atoms with Crippen LogP contribution in [-0.2, 0) is 9.53 Å². The van der Waals surface area contributed by atoms with E-state index < -0.39 is 11.4 Å². The molecule has 3 atom stereocenters. The van der Waals surface area contributed by atoms with E-state index in [0.29, 0.717) is 12.2 Å². The van der Waals surface area contributed by atoms with E-state index in [1.165, 1.54) is 30.5 Å². The lowest BCUT2D eigenvalue weighted by Gasteiger charge is -2.32. The normalized spacial score (nSPS) is 15.1. The standard InChI is InChI=1S/C24H32N2O5/c1-15(2)20(18-9-7-8-16(3)12-18)17(4)31-14-24(5,13-27)26-23(29)21-22(28)19(30-6)10-11-25-21/h7-13,15,17,20,28H,14H2,1-6H3,(H,26,29)/t17-,20+,24+/m0/s1. The van der Waals surface area contributed by atoms with Gasteiger partial charge in [-0.2, -0.15) is 0 Å². The largest absolute Gasteiger partial charge is 0.503 e. The first-order chi connectivity index (χ1) is 14.6. The van der Waals surface area contributed by atoms with Crippen molar-refractivity contribution < 1.29 is 24.2 Å². The Kier molecular flexibility index (Phi) is 8.16. The van der Waals surface area contributed by atoms with E-state index in [1.54, 1.807) is 6.92 Å². The lowest BCUT2D eigenvalue weighted by molar-refractivity contribution is -0.116. The molecule has 0 saturated heterocycles. The number of nitrogens with one attached hydrogen (secondary N) is 1. The molecule has 2 N–H and O–H groups in total. The summed E-state index contributed by atoms with van der Waals surface area (Å²) in [4.78, 5) is 28.4.